The first-order valence-electron chi connectivity index (χ1n) is 4.79. The van der Waals surface area contributed by atoms with Crippen LogP contribution in [0.1, 0.15) is 18.4 Å². The lowest BCUT2D eigenvalue weighted by Crippen LogP contribution is -2.13. The molecular weight excluding hydrogens is 263 g/mol. The Morgan fingerprint density at radius 3 is 2.73 bits per heavy atom. The maximum atomic E-state index is 13.6. The van der Waals surface area contributed by atoms with E-state index in [0.717, 1.165) is 12.8 Å². The third kappa shape index (κ3) is 2.16. The fourth-order valence-electron chi connectivity index (χ4n) is 1.61. The first kappa shape index (κ1) is 10.9. The fourth-order valence-corrected chi connectivity index (χ4v) is 2.14. The van der Waals surface area contributed by atoms with Crippen molar-refractivity contribution >= 4 is 15.9 Å². The van der Waals surface area contributed by atoms with Crippen molar-refractivity contribution in [1.82, 2.24) is 0 Å². The molecule has 15 heavy (non-hydrogen) atoms. The van der Waals surface area contributed by atoms with Gasteiger partial charge in [-0.15, -0.1) is 0 Å². The summed E-state index contributed by atoms with van der Waals surface area (Å²) in [6, 6.07) is 2.99. The summed E-state index contributed by atoms with van der Waals surface area (Å²) in [5.74, 6) is 0.158. The Labute approximate surface area is 96.2 Å². The van der Waals surface area contributed by atoms with E-state index < -0.39 is 5.60 Å². The van der Waals surface area contributed by atoms with E-state index in [4.69, 9.17) is 4.74 Å². The molecule has 0 atom stereocenters. The van der Waals surface area contributed by atoms with E-state index in [1.54, 1.807) is 6.07 Å². The first-order valence-corrected chi connectivity index (χ1v) is 5.58. The van der Waals surface area contributed by atoms with E-state index in [9.17, 15) is 9.50 Å². The van der Waals surface area contributed by atoms with Gasteiger partial charge >= 0.3 is 0 Å². The maximum Gasteiger partial charge on any atom is 0.139 e. The fraction of sp³-hybridized carbons (Fsp3) is 0.455. The highest BCUT2D eigenvalue weighted by Crippen LogP contribution is 2.42. The molecule has 0 aliphatic heterocycles. The quantitative estimate of drug-likeness (QED) is 0.919. The standard InChI is InChI=1S/C11H12BrFO2/c1-15-10-7(6-11(14)4-5-11)9(13)3-2-8(10)12/h2-3,14H,4-6H2,1H3. The normalized spacial score (nSPS) is 17.6. The van der Waals surface area contributed by atoms with Crippen LogP contribution < -0.4 is 4.74 Å². The van der Waals surface area contributed by atoms with Crippen molar-refractivity contribution in [3.63, 3.8) is 0 Å². The van der Waals surface area contributed by atoms with Crippen LogP contribution >= 0.6 is 15.9 Å². The molecule has 1 N–H and O–H groups in total. The molecule has 1 saturated carbocycles. The Bertz CT molecular complexity index is 388. The van der Waals surface area contributed by atoms with E-state index >= 15 is 0 Å². The second-order valence-electron chi connectivity index (χ2n) is 3.94. The van der Waals surface area contributed by atoms with Gasteiger partial charge in [0.2, 0.25) is 0 Å². The lowest BCUT2D eigenvalue weighted by molar-refractivity contribution is 0.148. The molecule has 0 heterocycles. The molecule has 0 spiro atoms. The summed E-state index contributed by atoms with van der Waals surface area (Å²) < 4.78 is 19.4. The number of hydrogen-bond acceptors (Lipinski definition) is 2. The Kier molecular flexibility index (Phi) is 2.73. The first-order chi connectivity index (χ1) is 7.06. The molecule has 82 valence electrons. The number of ether oxygens (including phenoxy) is 1. The summed E-state index contributed by atoms with van der Waals surface area (Å²) in [6.45, 7) is 0. The Morgan fingerprint density at radius 2 is 2.20 bits per heavy atom. The van der Waals surface area contributed by atoms with E-state index in [1.807, 2.05) is 0 Å². The molecule has 0 unspecified atom stereocenters. The SMILES string of the molecule is COc1c(Br)ccc(F)c1CC1(O)CC1. The average Bonchev–Trinajstić information content (AvgIpc) is 2.91. The summed E-state index contributed by atoms with van der Waals surface area (Å²) in [5.41, 5.74) is -0.263. The van der Waals surface area contributed by atoms with Crippen LogP contribution in [-0.4, -0.2) is 17.8 Å². The minimum Gasteiger partial charge on any atom is -0.495 e. The highest BCUT2D eigenvalue weighted by atomic mass is 79.9. The van der Waals surface area contributed by atoms with Crippen LogP contribution in [0.2, 0.25) is 0 Å². The van der Waals surface area contributed by atoms with Crippen LogP contribution in [0.3, 0.4) is 0 Å². The van der Waals surface area contributed by atoms with Gasteiger partial charge in [0.05, 0.1) is 17.2 Å². The van der Waals surface area contributed by atoms with Gasteiger partial charge in [-0.2, -0.15) is 0 Å². The summed E-state index contributed by atoms with van der Waals surface area (Å²) in [4.78, 5) is 0. The van der Waals surface area contributed by atoms with Crippen LogP contribution in [0.5, 0.6) is 5.75 Å². The van der Waals surface area contributed by atoms with Gasteiger partial charge in [-0.3, -0.25) is 0 Å². The lowest BCUT2D eigenvalue weighted by Gasteiger charge is -2.14. The number of methoxy groups -OCH3 is 1. The number of aliphatic hydroxyl groups is 1. The van der Waals surface area contributed by atoms with E-state index in [0.29, 0.717) is 22.2 Å². The molecule has 2 nitrogen and oxygen atoms in total. The second kappa shape index (κ2) is 3.76. The molecule has 0 saturated heterocycles. The van der Waals surface area contributed by atoms with Crippen molar-refractivity contribution < 1.29 is 14.2 Å². The predicted molar refractivity (Wildman–Crippen MR) is 58.5 cm³/mol. The molecule has 0 aromatic heterocycles. The van der Waals surface area contributed by atoms with Crippen LogP contribution in [0.15, 0.2) is 16.6 Å². The van der Waals surface area contributed by atoms with Crippen molar-refractivity contribution in [1.29, 1.82) is 0 Å². The van der Waals surface area contributed by atoms with E-state index in [1.165, 1.54) is 13.2 Å². The monoisotopic (exact) mass is 274 g/mol. The zero-order chi connectivity index (χ0) is 11.1. The van der Waals surface area contributed by atoms with Gasteiger partial charge in [-0.05, 0) is 40.9 Å². The third-order valence-electron chi connectivity index (χ3n) is 2.69. The van der Waals surface area contributed by atoms with Gasteiger partial charge in [-0.1, -0.05) is 0 Å². The smallest absolute Gasteiger partial charge is 0.139 e. The molecule has 0 bridgehead atoms. The number of benzene rings is 1. The molecule has 1 aromatic rings. The van der Waals surface area contributed by atoms with E-state index in [2.05, 4.69) is 15.9 Å². The topological polar surface area (TPSA) is 29.5 Å². The van der Waals surface area contributed by atoms with Gasteiger partial charge in [0.15, 0.2) is 0 Å². The molecule has 1 aliphatic carbocycles. The van der Waals surface area contributed by atoms with Gasteiger partial charge in [0, 0.05) is 12.0 Å². The summed E-state index contributed by atoms with van der Waals surface area (Å²) in [6.07, 6.45) is 1.80. The molecule has 4 heteroatoms. The Balaban J connectivity index is 2.38. The van der Waals surface area contributed by atoms with Crippen molar-refractivity contribution in [2.45, 2.75) is 24.9 Å². The highest BCUT2D eigenvalue weighted by molar-refractivity contribution is 9.10. The molecule has 0 radical (unpaired) electrons. The Hall–Kier alpha value is -0.610. The molecule has 2 rings (SSSR count). The van der Waals surface area contributed by atoms with Crippen LogP contribution in [0.4, 0.5) is 4.39 Å². The minimum atomic E-state index is -0.713. The van der Waals surface area contributed by atoms with Gasteiger partial charge in [-0.25, -0.2) is 4.39 Å². The van der Waals surface area contributed by atoms with Crippen LogP contribution in [0.25, 0.3) is 0 Å². The summed E-state index contributed by atoms with van der Waals surface area (Å²) in [5, 5.41) is 9.78. The Morgan fingerprint density at radius 1 is 1.53 bits per heavy atom. The number of halogens is 2. The minimum absolute atomic E-state index is 0.321. The highest BCUT2D eigenvalue weighted by Gasteiger charge is 2.41. The van der Waals surface area contributed by atoms with Gasteiger partial charge in [0.25, 0.3) is 0 Å². The van der Waals surface area contributed by atoms with Crippen molar-refractivity contribution in [2.24, 2.45) is 0 Å². The van der Waals surface area contributed by atoms with Crippen LogP contribution in [-0.2, 0) is 6.42 Å². The zero-order valence-corrected chi connectivity index (χ0v) is 9.97. The number of hydrogen-bond donors (Lipinski definition) is 1. The molecule has 0 amide bonds. The lowest BCUT2D eigenvalue weighted by atomic mass is 10.0. The summed E-state index contributed by atoms with van der Waals surface area (Å²) >= 11 is 3.30. The molecule has 1 aliphatic rings. The van der Waals surface area contributed by atoms with Gasteiger partial charge in [0.1, 0.15) is 11.6 Å². The molecule has 1 fully saturated rings. The summed E-state index contributed by atoms with van der Waals surface area (Å²) in [7, 11) is 1.50. The number of rotatable bonds is 3. The molecular formula is C11H12BrFO2. The van der Waals surface area contributed by atoms with Gasteiger partial charge < -0.3 is 9.84 Å². The van der Waals surface area contributed by atoms with Crippen LogP contribution in [0, 0.1) is 5.82 Å². The van der Waals surface area contributed by atoms with E-state index in [-0.39, 0.29) is 5.82 Å². The molecule has 1 aromatic carbocycles. The predicted octanol–water partition coefficient (Wildman–Crippen LogP) is 2.66. The van der Waals surface area contributed by atoms with Crippen molar-refractivity contribution in [2.75, 3.05) is 7.11 Å². The third-order valence-corrected chi connectivity index (χ3v) is 3.32. The largest absolute Gasteiger partial charge is 0.495 e. The van der Waals surface area contributed by atoms with Crippen molar-refractivity contribution in [3.05, 3.63) is 28.0 Å². The van der Waals surface area contributed by atoms with Crippen molar-refractivity contribution in [3.8, 4) is 5.75 Å². The zero-order valence-electron chi connectivity index (χ0n) is 8.39. The maximum absolute atomic E-state index is 13.6. The average molecular weight is 275 g/mol. The second-order valence-corrected chi connectivity index (χ2v) is 4.80.